The maximum absolute atomic E-state index is 12.2. The van der Waals surface area contributed by atoms with Crippen LogP contribution in [0, 0.1) is 0 Å². The van der Waals surface area contributed by atoms with Gasteiger partial charge in [0, 0.05) is 24.3 Å². The number of likely N-dealkylation sites (tertiary alicyclic amines) is 1. The Morgan fingerprint density at radius 3 is 2.45 bits per heavy atom. The van der Waals surface area contributed by atoms with Crippen LogP contribution in [0.4, 0.5) is 5.69 Å². The average molecular weight is 415 g/mol. The maximum Gasteiger partial charge on any atom is 0.262 e. The van der Waals surface area contributed by atoms with Crippen molar-refractivity contribution >= 4 is 28.8 Å². The topological polar surface area (TPSA) is 60.0 Å². The number of benzene rings is 2. The molecule has 3 rings (SSSR count). The zero-order valence-corrected chi connectivity index (χ0v) is 17.6. The molecule has 154 valence electrons. The van der Waals surface area contributed by atoms with E-state index < -0.39 is 0 Å². The summed E-state index contributed by atoms with van der Waals surface area (Å²) in [5.41, 5.74) is 1.61. The molecule has 1 fully saturated rings. The molecule has 0 bridgehead atoms. The van der Waals surface area contributed by atoms with E-state index in [0.717, 1.165) is 29.4 Å². The van der Waals surface area contributed by atoms with Crippen molar-refractivity contribution in [3.8, 4) is 17.2 Å². The molecule has 1 amide bonds. The predicted octanol–water partition coefficient (Wildman–Crippen LogP) is 3.88. The first-order valence-electron chi connectivity index (χ1n) is 9.73. The van der Waals surface area contributed by atoms with Crippen LogP contribution in [-0.2, 0) is 4.79 Å². The molecule has 0 radical (unpaired) electrons. The van der Waals surface area contributed by atoms with Gasteiger partial charge in [0.2, 0.25) is 0 Å². The van der Waals surface area contributed by atoms with Crippen molar-refractivity contribution in [1.82, 2.24) is 4.90 Å². The molecule has 0 aromatic heterocycles. The summed E-state index contributed by atoms with van der Waals surface area (Å²) in [5.74, 6) is 1.58. The smallest absolute Gasteiger partial charge is 0.262 e. The summed E-state index contributed by atoms with van der Waals surface area (Å²) < 4.78 is 16.5. The summed E-state index contributed by atoms with van der Waals surface area (Å²) in [6.45, 7) is 4.27. The molecule has 1 N–H and O–H groups in total. The zero-order chi connectivity index (χ0) is 20.6. The van der Waals surface area contributed by atoms with E-state index in [2.05, 4.69) is 10.2 Å². The van der Waals surface area contributed by atoms with Gasteiger partial charge in [0.1, 0.15) is 10.7 Å². The fourth-order valence-electron chi connectivity index (χ4n) is 3.15. The van der Waals surface area contributed by atoms with Gasteiger partial charge in [-0.2, -0.15) is 0 Å². The molecule has 7 heteroatoms. The number of hydrogen-bond donors (Lipinski definition) is 1. The first kappa shape index (κ1) is 20.9. The lowest BCUT2D eigenvalue weighted by atomic mass is 10.2. The van der Waals surface area contributed by atoms with Gasteiger partial charge in [-0.05, 0) is 62.2 Å². The number of anilines is 1. The number of nitrogens with one attached hydrogen (secondary N) is 1. The largest absolute Gasteiger partial charge is 0.497 e. The van der Waals surface area contributed by atoms with Crippen molar-refractivity contribution in [2.45, 2.75) is 19.8 Å². The third-order valence-corrected chi connectivity index (χ3v) is 5.11. The van der Waals surface area contributed by atoms with Gasteiger partial charge in [0.15, 0.2) is 18.1 Å². The first-order chi connectivity index (χ1) is 14.1. The second-order valence-corrected chi connectivity index (χ2v) is 7.05. The summed E-state index contributed by atoms with van der Waals surface area (Å²) >= 11 is 5.62. The Bertz CT molecular complexity index is 848. The van der Waals surface area contributed by atoms with Gasteiger partial charge in [-0.15, -0.1) is 0 Å². The Balaban J connectivity index is 1.62. The van der Waals surface area contributed by atoms with E-state index in [9.17, 15) is 4.79 Å². The lowest BCUT2D eigenvalue weighted by molar-refractivity contribution is -0.118. The molecule has 0 unspecified atom stereocenters. The van der Waals surface area contributed by atoms with E-state index in [-0.39, 0.29) is 12.5 Å². The van der Waals surface area contributed by atoms with Gasteiger partial charge in [0.05, 0.1) is 13.7 Å². The van der Waals surface area contributed by atoms with Gasteiger partial charge in [-0.25, -0.2) is 0 Å². The van der Waals surface area contributed by atoms with Crippen molar-refractivity contribution in [2.24, 2.45) is 0 Å². The fraction of sp³-hybridized carbons (Fsp3) is 0.364. The maximum atomic E-state index is 12.2. The number of ether oxygens (including phenoxy) is 3. The van der Waals surface area contributed by atoms with Crippen LogP contribution in [0.2, 0.25) is 0 Å². The van der Waals surface area contributed by atoms with E-state index in [1.807, 2.05) is 25.1 Å². The zero-order valence-electron chi connectivity index (χ0n) is 16.8. The van der Waals surface area contributed by atoms with Crippen LogP contribution in [0.25, 0.3) is 0 Å². The molecule has 2 aromatic carbocycles. The first-order valence-corrected chi connectivity index (χ1v) is 10.1. The second kappa shape index (κ2) is 10.1. The number of rotatable bonds is 8. The quantitative estimate of drug-likeness (QED) is 0.662. The van der Waals surface area contributed by atoms with Crippen LogP contribution in [-0.4, -0.2) is 49.2 Å². The van der Waals surface area contributed by atoms with Crippen molar-refractivity contribution < 1.29 is 19.0 Å². The Morgan fingerprint density at radius 2 is 1.79 bits per heavy atom. The van der Waals surface area contributed by atoms with E-state index in [4.69, 9.17) is 26.4 Å². The second-order valence-electron chi connectivity index (χ2n) is 6.66. The molecule has 29 heavy (non-hydrogen) atoms. The lowest BCUT2D eigenvalue weighted by Crippen LogP contribution is -2.26. The van der Waals surface area contributed by atoms with E-state index in [1.54, 1.807) is 31.4 Å². The third-order valence-electron chi connectivity index (χ3n) is 4.62. The van der Waals surface area contributed by atoms with E-state index in [1.165, 1.54) is 12.8 Å². The standard InChI is InChI=1S/C22H26N2O4S/c1-3-27-20-14-16(22(29)24-12-4-5-13-24)6-11-19(20)28-15-21(25)23-17-7-9-18(26-2)10-8-17/h6-11,14H,3-5,12-13,15H2,1-2H3,(H,23,25). The number of carbonyl (C=O) groups is 1. The minimum Gasteiger partial charge on any atom is -0.497 e. The summed E-state index contributed by atoms with van der Waals surface area (Å²) in [7, 11) is 1.60. The van der Waals surface area contributed by atoms with Gasteiger partial charge >= 0.3 is 0 Å². The molecule has 0 saturated carbocycles. The number of nitrogens with zero attached hydrogens (tertiary/aromatic N) is 1. The molecule has 0 atom stereocenters. The minimum absolute atomic E-state index is 0.123. The number of thiocarbonyl (C=S) groups is 1. The highest BCUT2D eigenvalue weighted by Crippen LogP contribution is 2.30. The fourth-order valence-corrected chi connectivity index (χ4v) is 3.46. The molecular formula is C22H26N2O4S. The van der Waals surface area contributed by atoms with E-state index in [0.29, 0.717) is 23.8 Å². The Labute approximate surface area is 176 Å². The van der Waals surface area contributed by atoms with E-state index >= 15 is 0 Å². The van der Waals surface area contributed by atoms with Crippen LogP contribution in [0.5, 0.6) is 17.2 Å². The van der Waals surface area contributed by atoms with Crippen LogP contribution >= 0.6 is 12.2 Å². The molecule has 0 spiro atoms. The molecule has 0 aliphatic carbocycles. The van der Waals surface area contributed by atoms with Gasteiger partial charge < -0.3 is 24.4 Å². The third kappa shape index (κ3) is 5.60. The minimum atomic E-state index is -0.255. The SMILES string of the molecule is CCOc1cc(C(=S)N2CCCC2)ccc1OCC(=O)Nc1ccc(OC)cc1. The lowest BCUT2D eigenvalue weighted by Gasteiger charge is -2.20. The molecule has 1 saturated heterocycles. The van der Waals surface area contributed by atoms with Crippen LogP contribution < -0.4 is 19.5 Å². The van der Waals surface area contributed by atoms with Crippen LogP contribution in [0.3, 0.4) is 0 Å². The van der Waals surface area contributed by atoms with Crippen LogP contribution in [0.15, 0.2) is 42.5 Å². The average Bonchev–Trinajstić information content (AvgIpc) is 3.28. The highest BCUT2D eigenvalue weighted by atomic mass is 32.1. The van der Waals surface area contributed by atoms with Crippen molar-refractivity contribution in [2.75, 3.05) is 38.7 Å². The van der Waals surface area contributed by atoms with Crippen molar-refractivity contribution in [3.05, 3.63) is 48.0 Å². The summed E-state index contributed by atoms with van der Waals surface area (Å²) in [6, 6.07) is 12.7. The highest BCUT2D eigenvalue weighted by Gasteiger charge is 2.18. The van der Waals surface area contributed by atoms with Gasteiger partial charge in [-0.3, -0.25) is 4.79 Å². The molecule has 1 heterocycles. The summed E-state index contributed by atoms with van der Waals surface area (Å²) in [4.78, 5) is 15.3. The predicted molar refractivity (Wildman–Crippen MR) is 117 cm³/mol. The number of hydrogen-bond acceptors (Lipinski definition) is 5. The Hall–Kier alpha value is -2.80. The molecule has 1 aliphatic rings. The van der Waals surface area contributed by atoms with Crippen LogP contribution in [0.1, 0.15) is 25.3 Å². The van der Waals surface area contributed by atoms with Gasteiger partial charge in [-0.1, -0.05) is 12.2 Å². The number of methoxy groups -OCH3 is 1. The highest BCUT2D eigenvalue weighted by molar-refractivity contribution is 7.80. The molecule has 1 aliphatic heterocycles. The molecule has 2 aromatic rings. The number of amides is 1. The summed E-state index contributed by atoms with van der Waals surface area (Å²) in [6.07, 6.45) is 2.34. The van der Waals surface area contributed by atoms with Crippen molar-refractivity contribution in [3.63, 3.8) is 0 Å². The monoisotopic (exact) mass is 414 g/mol. The Kier molecular flexibility index (Phi) is 7.30. The molecular weight excluding hydrogens is 388 g/mol. The summed E-state index contributed by atoms with van der Waals surface area (Å²) in [5, 5.41) is 2.79. The number of carbonyl (C=O) groups excluding carboxylic acids is 1. The Morgan fingerprint density at radius 1 is 1.07 bits per heavy atom. The van der Waals surface area contributed by atoms with Crippen molar-refractivity contribution in [1.29, 1.82) is 0 Å². The van der Waals surface area contributed by atoms with Gasteiger partial charge in [0.25, 0.3) is 5.91 Å². The normalized spacial score (nSPS) is 13.1. The molecule has 6 nitrogen and oxygen atoms in total.